The fourth-order valence-electron chi connectivity index (χ4n) is 3.77. The molecule has 0 fully saturated rings. The predicted molar refractivity (Wildman–Crippen MR) is 121 cm³/mol. The summed E-state index contributed by atoms with van der Waals surface area (Å²) in [5, 5.41) is 11.9. The molecule has 0 unspecified atom stereocenters. The van der Waals surface area contributed by atoms with Gasteiger partial charge in [0.15, 0.2) is 5.65 Å². The summed E-state index contributed by atoms with van der Waals surface area (Å²) in [5.74, 6) is -0.278. The van der Waals surface area contributed by atoms with E-state index in [1.807, 2.05) is 50.2 Å². The van der Waals surface area contributed by atoms with Crippen molar-refractivity contribution in [2.45, 2.75) is 26.9 Å². The lowest BCUT2D eigenvalue weighted by Crippen LogP contribution is -2.32. The molecule has 5 aromatic rings. The number of nitrogens with one attached hydrogen (secondary N) is 1. The molecule has 8 nitrogen and oxygen atoms in total. The molecule has 0 radical (unpaired) electrons. The van der Waals surface area contributed by atoms with Crippen molar-refractivity contribution in [3.05, 3.63) is 94.2 Å². The number of amides is 1. The Balaban J connectivity index is 1.47. The Morgan fingerprint density at radius 1 is 1.00 bits per heavy atom. The minimum Gasteiger partial charge on any atom is -0.350 e. The number of aryl methyl sites for hydroxylation is 2. The summed E-state index contributed by atoms with van der Waals surface area (Å²) in [6.07, 6.45) is 3.34. The smallest absolute Gasteiger partial charge is 0.350 e. The Hall–Kier alpha value is -4.20. The second-order valence-electron chi connectivity index (χ2n) is 7.87. The first-order valence-corrected chi connectivity index (χ1v) is 10.4. The van der Waals surface area contributed by atoms with Crippen molar-refractivity contribution in [3.63, 3.8) is 0 Å². The van der Waals surface area contributed by atoms with Crippen molar-refractivity contribution in [2.24, 2.45) is 0 Å². The third kappa shape index (κ3) is 3.56. The number of carbonyl (C=O) groups excluding carboxylic acids is 1. The van der Waals surface area contributed by atoms with Crippen LogP contribution in [0, 0.1) is 13.8 Å². The molecule has 0 bridgehead atoms. The maximum Gasteiger partial charge on any atom is 0.350 e. The van der Waals surface area contributed by atoms with Gasteiger partial charge < -0.3 is 5.32 Å². The van der Waals surface area contributed by atoms with Gasteiger partial charge >= 0.3 is 5.69 Å². The van der Waals surface area contributed by atoms with Gasteiger partial charge in [-0.3, -0.25) is 4.79 Å². The number of hydrogen-bond acceptors (Lipinski definition) is 4. The lowest BCUT2D eigenvalue weighted by Gasteiger charge is -2.04. The molecule has 0 spiro atoms. The van der Waals surface area contributed by atoms with Crippen LogP contribution in [0.5, 0.6) is 0 Å². The summed E-state index contributed by atoms with van der Waals surface area (Å²) in [7, 11) is 0. The molecular weight excluding hydrogens is 404 g/mol. The zero-order valence-electron chi connectivity index (χ0n) is 17.8. The summed E-state index contributed by atoms with van der Waals surface area (Å²) in [6, 6.07) is 17.8. The minimum absolute atomic E-state index is 0.155. The van der Waals surface area contributed by atoms with Gasteiger partial charge in [-0.25, -0.2) is 18.4 Å². The maximum absolute atomic E-state index is 12.8. The van der Waals surface area contributed by atoms with Crippen LogP contribution in [0.25, 0.3) is 22.4 Å². The van der Waals surface area contributed by atoms with Crippen LogP contribution in [0.3, 0.4) is 0 Å². The van der Waals surface area contributed by atoms with E-state index in [1.165, 1.54) is 9.08 Å². The molecule has 0 aliphatic heterocycles. The number of benzene rings is 2. The number of hydrogen-bond donors (Lipinski definition) is 1. The van der Waals surface area contributed by atoms with E-state index in [2.05, 4.69) is 33.7 Å². The van der Waals surface area contributed by atoms with Gasteiger partial charge in [0.2, 0.25) is 5.91 Å². The highest BCUT2D eigenvalue weighted by Crippen LogP contribution is 2.25. The van der Waals surface area contributed by atoms with Crippen LogP contribution < -0.4 is 11.0 Å². The van der Waals surface area contributed by atoms with Crippen LogP contribution in [0.2, 0.25) is 0 Å². The van der Waals surface area contributed by atoms with Crippen molar-refractivity contribution in [2.75, 3.05) is 0 Å². The van der Waals surface area contributed by atoms with Crippen molar-refractivity contribution in [3.8, 4) is 11.3 Å². The van der Waals surface area contributed by atoms with Crippen LogP contribution in [-0.2, 0) is 17.9 Å². The maximum atomic E-state index is 12.8. The molecular formula is C24H22N6O2. The third-order valence-corrected chi connectivity index (χ3v) is 5.49. The highest BCUT2D eigenvalue weighted by molar-refractivity contribution is 5.78. The Kier molecular flexibility index (Phi) is 4.82. The molecule has 0 aliphatic carbocycles. The van der Waals surface area contributed by atoms with Crippen LogP contribution >= 0.6 is 0 Å². The van der Waals surface area contributed by atoms with Gasteiger partial charge in [0.05, 0.1) is 5.69 Å². The monoisotopic (exact) mass is 426 g/mol. The molecule has 0 aliphatic rings. The Morgan fingerprint density at radius 2 is 1.81 bits per heavy atom. The highest BCUT2D eigenvalue weighted by atomic mass is 16.2. The van der Waals surface area contributed by atoms with Gasteiger partial charge in [-0.1, -0.05) is 48.0 Å². The first kappa shape index (κ1) is 19.7. The first-order chi connectivity index (χ1) is 15.5. The molecule has 3 aromatic heterocycles. The molecule has 0 saturated carbocycles. The summed E-state index contributed by atoms with van der Waals surface area (Å²) in [6.45, 7) is 4.33. The summed E-state index contributed by atoms with van der Waals surface area (Å²) < 4.78 is 4.33. The molecule has 8 heteroatoms. The highest BCUT2D eigenvalue weighted by Gasteiger charge is 2.16. The minimum atomic E-state index is -0.369. The normalized spacial score (nSPS) is 11.3. The van der Waals surface area contributed by atoms with E-state index in [-0.39, 0.29) is 18.1 Å². The molecule has 0 saturated heterocycles. The van der Waals surface area contributed by atoms with Crippen molar-refractivity contribution >= 4 is 17.1 Å². The fraction of sp³-hybridized carbons (Fsp3) is 0.167. The van der Waals surface area contributed by atoms with E-state index in [0.29, 0.717) is 17.7 Å². The number of nitrogens with zero attached hydrogens (tertiary/aromatic N) is 5. The molecule has 3 heterocycles. The van der Waals surface area contributed by atoms with E-state index in [0.717, 1.165) is 27.9 Å². The van der Waals surface area contributed by atoms with E-state index >= 15 is 0 Å². The predicted octanol–water partition coefficient (Wildman–Crippen LogP) is 2.74. The Morgan fingerprint density at radius 3 is 2.62 bits per heavy atom. The summed E-state index contributed by atoms with van der Waals surface area (Å²) in [5.41, 5.74) is 5.88. The molecule has 5 rings (SSSR count). The second kappa shape index (κ2) is 7.81. The van der Waals surface area contributed by atoms with E-state index in [9.17, 15) is 9.59 Å². The van der Waals surface area contributed by atoms with Crippen LogP contribution in [0.1, 0.15) is 16.7 Å². The zero-order chi connectivity index (χ0) is 22.2. The lowest BCUT2D eigenvalue weighted by atomic mass is 10.0. The van der Waals surface area contributed by atoms with Crippen LogP contribution in [0.4, 0.5) is 0 Å². The quantitative estimate of drug-likeness (QED) is 0.468. The number of rotatable bonds is 5. The number of aromatic nitrogens is 5. The van der Waals surface area contributed by atoms with Crippen molar-refractivity contribution in [1.29, 1.82) is 0 Å². The van der Waals surface area contributed by atoms with Crippen molar-refractivity contribution in [1.82, 2.24) is 29.1 Å². The summed E-state index contributed by atoms with van der Waals surface area (Å²) in [4.78, 5) is 25.2. The van der Waals surface area contributed by atoms with E-state index < -0.39 is 0 Å². The van der Waals surface area contributed by atoms with Crippen LogP contribution in [0.15, 0.2) is 71.8 Å². The first-order valence-electron chi connectivity index (χ1n) is 10.4. The lowest BCUT2D eigenvalue weighted by molar-refractivity contribution is -0.122. The number of fused-ring (bicyclic) bond motifs is 3. The zero-order valence-corrected chi connectivity index (χ0v) is 17.8. The SMILES string of the molecule is Cc1ccc(C)c(-c2cc3c4nn(CC(=O)NCc5ccccc5)c(=O)n4ccn3n2)c1. The molecule has 160 valence electrons. The van der Waals surface area contributed by atoms with Crippen LogP contribution in [-0.4, -0.2) is 29.7 Å². The van der Waals surface area contributed by atoms with E-state index in [4.69, 9.17) is 0 Å². The molecule has 32 heavy (non-hydrogen) atoms. The fourth-order valence-corrected chi connectivity index (χ4v) is 3.77. The largest absolute Gasteiger partial charge is 0.350 e. The van der Waals surface area contributed by atoms with E-state index in [1.54, 1.807) is 16.9 Å². The van der Waals surface area contributed by atoms with Gasteiger partial charge in [0, 0.05) is 24.5 Å². The standard InChI is InChI=1S/C24H22N6O2/c1-16-8-9-17(2)19(12-16)20-13-21-23-27-30(24(32)28(23)10-11-29(21)26-20)15-22(31)25-14-18-6-4-3-5-7-18/h3-13H,14-15H2,1-2H3,(H,25,31). The summed E-state index contributed by atoms with van der Waals surface area (Å²) >= 11 is 0. The van der Waals surface area contributed by atoms with Gasteiger partial charge in [-0.05, 0) is 37.1 Å². The van der Waals surface area contributed by atoms with Crippen molar-refractivity contribution < 1.29 is 4.79 Å². The Bertz CT molecular complexity index is 1510. The Labute approximate surface area is 183 Å². The second-order valence-corrected chi connectivity index (χ2v) is 7.87. The third-order valence-electron chi connectivity index (χ3n) is 5.49. The average Bonchev–Trinajstić information content (AvgIpc) is 3.36. The topological polar surface area (TPSA) is 85.7 Å². The van der Waals surface area contributed by atoms with Gasteiger partial charge in [0.1, 0.15) is 12.1 Å². The number of carbonyl (C=O) groups is 1. The molecule has 1 N–H and O–H groups in total. The molecule has 2 aromatic carbocycles. The average molecular weight is 426 g/mol. The molecule has 1 amide bonds. The molecule has 0 atom stereocenters. The van der Waals surface area contributed by atoms with Gasteiger partial charge in [-0.15, -0.1) is 5.10 Å². The van der Waals surface area contributed by atoms with Gasteiger partial charge in [0.25, 0.3) is 0 Å². The van der Waals surface area contributed by atoms with Gasteiger partial charge in [-0.2, -0.15) is 5.10 Å².